The van der Waals surface area contributed by atoms with Crippen molar-refractivity contribution in [1.82, 2.24) is 15.8 Å². The highest BCUT2D eigenvalue weighted by Gasteiger charge is 2.16. The zero-order valence-electron chi connectivity index (χ0n) is 13.9. The molecular weight excluding hydrogens is 337 g/mol. The molecule has 0 aliphatic heterocycles. The predicted octanol–water partition coefficient (Wildman–Crippen LogP) is 2.60. The monoisotopic (exact) mass is 353 g/mol. The van der Waals surface area contributed by atoms with Crippen molar-refractivity contribution in [3.05, 3.63) is 72.2 Å². The maximum atomic E-state index is 12.9. The van der Waals surface area contributed by atoms with Crippen LogP contribution in [0.4, 0.5) is 4.39 Å². The first-order chi connectivity index (χ1) is 12.5. The number of hydrazine groups is 1. The smallest absolute Gasteiger partial charge is 0.288 e. The van der Waals surface area contributed by atoms with Gasteiger partial charge in [0.2, 0.25) is 0 Å². The lowest BCUT2D eigenvalue weighted by Gasteiger charge is -2.15. The second-order valence-corrected chi connectivity index (χ2v) is 5.55. The molecule has 7 heteroatoms. The number of hydrogen-bond donors (Lipinski definition) is 2. The van der Waals surface area contributed by atoms with Crippen molar-refractivity contribution in [2.75, 3.05) is 0 Å². The summed E-state index contributed by atoms with van der Waals surface area (Å²) in [5.74, 6) is -1.15. The molecule has 6 nitrogen and oxygen atoms in total. The molecule has 0 radical (unpaired) electrons. The maximum Gasteiger partial charge on any atom is 0.288 e. The van der Waals surface area contributed by atoms with Crippen LogP contribution < -0.4 is 15.6 Å². The molecule has 0 bridgehead atoms. The average Bonchev–Trinajstić information content (AvgIpc) is 2.67. The minimum atomic E-state index is -0.884. The number of rotatable bonds is 4. The predicted molar refractivity (Wildman–Crippen MR) is 93.8 cm³/mol. The molecule has 2 aromatic carbocycles. The van der Waals surface area contributed by atoms with Crippen molar-refractivity contribution in [2.45, 2.75) is 13.0 Å². The molecule has 0 saturated heterocycles. The van der Waals surface area contributed by atoms with Gasteiger partial charge >= 0.3 is 0 Å². The Labute approximate surface area is 149 Å². The SMILES string of the molecule is CC(Oc1ccc(F)cc1)C(=O)NNC(=O)c1ccc2ccccc2n1. The van der Waals surface area contributed by atoms with Gasteiger partial charge in [-0.15, -0.1) is 0 Å². The summed E-state index contributed by atoms with van der Waals surface area (Å²) >= 11 is 0. The molecule has 0 saturated carbocycles. The van der Waals surface area contributed by atoms with Crippen molar-refractivity contribution >= 4 is 22.7 Å². The number of benzene rings is 2. The molecule has 0 aliphatic rings. The molecule has 26 heavy (non-hydrogen) atoms. The van der Waals surface area contributed by atoms with E-state index in [-0.39, 0.29) is 5.69 Å². The summed E-state index contributed by atoms with van der Waals surface area (Å²) in [5.41, 5.74) is 5.44. The Bertz CT molecular complexity index is 944. The first-order valence-electron chi connectivity index (χ1n) is 7.91. The van der Waals surface area contributed by atoms with Crippen LogP contribution >= 0.6 is 0 Å². The van der Waals surface area contributed by atoms with Crippen molar-refractivity contribution in [1.29, 1.82) is 0 Å². The van der Waals surface area contributed by atoms with Gasteiger partial charge in [0.05, 0.1) is 5.52 Å². The fraction of sp³-hybridized carbons (Fsp3) is 0.105. The summed E-state index contributed by atoms with van der Waals surface area (Å²) < 4.78 is 18.2. The number of carbonyl (C=O) groups is 2. The van der Waals surface area contributed by atoms with Crippen LogP contribution in [0, 0.1) is 5.82 Å². The van der Waals surface area contributed by atoms with Crippen LogP contribution in [-0.2, 0) is 4.79 Å². The molecule has 0 spiro atoms. The van der Waals surface area contributed by atoms with Gasteiger partial charge in [0, 0.05) is 5.39 Å². The van der Waals surface area contributed by atoms with Gasteiger partial charge in [0.25, 0.3) is 11.8 Å². The summed E-state index contributed by atoms with van der Waals surface area (Å²) in [4.78, 5) is 28.4. The number of hydrogen-bond acceptors (Lipinski definition) is 4. The van der Waals surface area contributed by atoms with E-state index >= 15 is 0 Å². The standard InChI is InChI=1S/C19H16FN3O3/c1-12(26-15-9-7-14(20)8-10-15)18(24)22-23-19(25)17-11-6-13-4-2-3-5-16(13)21-17/h2-12H,1H3,(H,22,24)(H,23,25). The van der Waals surface area contributed by atoms with Gasteiger partial charge in [-0.05, 0) is 43.3 Å². The molecular formula is C19H16FN3O3. The Morgan fingerprint density at radius 2 is 1.73 bits per heavy atom. The van der Waals surface area contributed by atoms with Gasteiger partial charge in [0.1, 0.15) is 17.3 Å². The van der Waals surface area contributed by atoms with E-state index in [1.54, 1.807) is 18.2 Å². The van der Waals surface area contributed by atoms with E-state index in [2.05, 4.69) is 15.8 Å². The fourth-order valence-electron chi connectivity index (χ4n) is 2.25. The third kappa shape index (κ3) is 4.13. The molecule has 0 fully saturated rings. The van der Waals surface area contributed by atoms with Crippen molar-refractivity contribution in [3.63, 3.8) is 0 Å². The molecule has 1 aromatic heterocycles. The molecule has 2 N–H and O–H groups in total. The average molecular weight is 353 g/mol. The van der Waals surface area contributed by atoms with Gasteiger partial charge in [-0.3, -0.25) is 20.4 Å². The number of carbonyl (C=O) groups excluding carboxylic acids is 2. The van der Waals surface area contributed by atoms with Crippen molar-refractivity contribution in [2.24, 2.45) is 0 Å². The van der Waals surface area contributed by atoms with E-state index in [1.165, 1.54) is 31.2 Å². The Hall–Kier alpha value is -3.48. The summed E-state index contributed by atoms with van der Waals surface area (Å²) in [7, 11) is 0. The number of ether oxygens (including phenoxy) is 1. The third-order valence-electron chi connectivity index (χ3n) is 3.63. The molecule has 3 aromatic rings. The number of pyridine rings is 1. The Morgan fingerprint density at radius 1 is 1.00 bits per heavy atom. The van der Waals surface area contributed by atoms with Crippen LogP contribution in [-0.4, -0.2) is 22.9 Å². The lowest BCUT2D eigenvalue weighted by Crippen LogP contribution is -2.47. The molecule has 2 amide bonds. The van der Waals surface area contributed by atoms with E-state index in [0.717, 1.165) is 5.39 Å². The summed E-state index contributed by atoms with van der Waals surface area (Å²) in [5, 5.41) is 0.911. The summed E-state index contributed by atoms with van der Waals surface area (Å²) in [6.07, 6.45) is -0.884. The zero-order chi connectivity index (χ0) is 18.5. The molecule has 132 valence electrons. The van der Waals surface area contributed by atoms with Crippen LogP contribution in [0.1, 0.15) is 17.4 Å². The molecule has 1 heterocycles. The van der Waals surface area contributed by atoms with E-state index in [0.29, 0.717) is 11.3 Å². The van der Waals surface area contributed by atoms with E-state index in [9.17, 15) is 14.0 Å². The highest BCUT2D eigenvalue weighted by Crippen LogP contribution is 2.13. The number of nitrogens with zero attached hydrogens (tertiary/aromatic N) is 1. The second kappa shape index (κ2) is 7.60. The number of aromatic nitrogens is 1. The van der Waals surface area contributed by atoms with E-state index < -0.39 is 23.7 Å². The summed E-state index contributed by atoms with van der Waals surface area (Å²) in [6.45, 7) is 1.51. The van der Waals surface area contributed by atoms with Gasteiger partial charge in [-0.2, -0.15) is 0 Å². The van der Waals surface area contributed by atoms with E-state index in [1.807, 2.05) is 18.2 Å². The highest BCUT2D eigenvalue weighted by atomic mass is 19.1. The third-order valence-corrected chi connectivity index (χ3v) is 3.63. The highest BCUT2D eigenvalue weighted by molar-refractivity contribution is 5.96. The molecule has 3 rings (SSSR count). The zero-order valence-corrected chi connectivity index (χ0v) is 13.9. The van der Waals surface area contributed by atoms with Gasteiger partial charge in [-0.1, -0.05) is 24.3 Å². The fourth-order valence-corrected chi connectivity index (χ4v) is 2.25. The minimum Gasteiger partial charge on any atom is -0.481 e. The minimum absolute atomic E-state index is 0.177. The largest absolute Gasteiger partial charge is 0.481 e. The number of fused-ring (bicyclic) bond motifs is 1. The molecule has 1 unspecified atom stereocenters. The van der Waals surface area contributed by atoms with Crippen molar-refractivity contribution < 1.29 is 18.7 Å². The van der Waals surface area contributed by atoms with Gasteiger partial charge in [-0.25, -0.2) is 9.37 Å². The first kappa shape index (κ1) is 17.3. The number of para-hydroxylation sites is 1. The Morgan fingerprint density at radius 3 is 2.50 bits per heavy atom. The lowest BCUT2D eigenvalue weighted by atomic mass is 10.2. The quantitative estimate of drug-likeness (QED) is 0.707. The summed E-state index contributed by atoms with van der Waals surface area (Å²) in [6, 6.07) is 16.0. The van der Waals surface area contributed by atoms with E-state index in [4.69, 9.17) is 4.74 Å². The number of halogens is 1. The normalized spacial score (nSPS) is 11.6. The molecule has 1 atom stereocenters. The topological polar surface area (TPSA) is 80.3 Å². The van der Waals surface area contributed by atoms with Crippen LogP contribution in [0.15, 0.2) is 60.7 Å². The number of amides is 2. The molecule has 0 aliphatic carbocycles. The first-order valence-corrected chi connectivity index (χ1v) is 7.91. The van der Waals surface area contributed by atoms with Crippen molar-refractivity contribution in [3.8, 4) is 5.75 Å². The van der Waals surface area contributed by atoms with Crippen LogP contribution in [0.25, 0.3) is 10.9 Å². The van der Waals surface area contributed by atoms with Crippen LogP contribution in [0.5, 0.6) is 5.75 Å². The number of nitrogens with one attached hydrogen (secondary N) is 2. The van der Waals surface area contributed by atoms with Gasteiger partial charge in [0.15, 0.2) is 6.10 Å². The van der Waals surface area contributed by atoms with Crippen LogP contribution in [0.2, 0.25) is 0 Å². The lowest BCUT2D eigenvalue weighted by molar-refractivity contribution is -0.128. The Balaban J connectivity index is 1.57. The Kier molecular flexibility index (Phi) is 5.07. The van der Waals surface area contributed by atoms with Gasteiger partial charge < -0.3 is 4.74 Å². The second-order valence-electron chi connectivity index (χ2n) is 5.55. The van der Waals surface area contributed by atoms with Crippen LogP contribution in [0.3, 0.4) is 0 Å². The maximum absolute atomic E-state index is 12.9.